The minimum absolute atomic E-state index is 0.205. The van der Waals surface area contributed by atoms with Crippen LogP contribution in [-0.4, -0.2) is 18.7 Å². The number of hydrogen-bond acceptors (Lipinski definition) is 4. The number of aryl methyl sites for hydroxylation is 1. The smallest absolute Gasteiger partial charge is 0.265 e. The molecule has 0 spiro atoms. The van der Waals surface area contributed by atoms with Gasteiger partial charge in [-0.3, -0.25) is 4.79 Å². The minimum Gasteiger partial charge on any atom is -0.488 e. The molecule has 0 aliphatic rings. The molecule has 0 aliphatic carbocycles. The van der Waals surface area contributed by atoms with Gasteiger partial charge in [0.1, 0.15) is 18.2 Å². The average molecular weight is 392 g/mol. The molecule has 0 radical (unpaired) electrons. The summed E-state index contributed by atoms with van der Waals surface area (Å²) < 4.78 is 18.8. The van der Waals surface area contributed by atoms with Crippen molar-refractivity contribution in [3.8, 4) is 5.75 Å². The number of hydrogen-bond donors (Lipinski definition) is 1. The standard InChI is InChI=1S/C23H21FN2O3/c1-17-6-12-21(13-7-17)26-23(27)16-29-25-14-19-4-2-3-5-22(19)28-15-18-8-10-20(24)11-9-18/h2-14H,15-16H2,1H3,(H,26,27)/b25-14+. The molecule has 0 atom stereocenters. The number of rotatable bonds is 8. The zero-order chi connectivity index (χ0) is 20.5. The summed E-state index contributed by atoms with van der Waals surface area (Å²) >= 11 is 0. The predicted octanol–water partition coefficient (Wildman–Crippen LogP) is 4.70. The Hall–Kier alpha value is -3.67. The Bertz CT molecular complexity index is 970. The summed E-state index contributed by atoms with van der Waals surface area (Å²) in [6.45, 7) is 2.07. The lowest BCUT2D eigenvalue weighted by Gasteiger charge is -2.09. The summed E-state index contributed by atoms with van der Waals surface area (Å²) in [5.41, 5.74) is 3.37. The van der Waals surface area contributed by atoms with E-state index in [9.17, 15) is 9.18 Å². The Morgan fingerprint density at radius 3 is 2.52 bits per heavy atom. The molecule has 6 heteroatoms. The van der Waals surface area contributed by atoms with Gasteiger partial charge in [0.05, 0.1) is 6.21 Å². The second kappa shape index (κ2) is 10.0. The summed E-state index contributed by atoms with van der Waals surface area (Å²) in [5.74, 6) is 0.0185. The summed E-state index contributed by atoms with van der Waals surface area (Å²) in [6, 6.07) is 20.9. The van der Waals surface area contributed by atoms with Gasteiger partial charge in [0.25, 0.3) is 5.91 Å². The van der Waals surface area contributed by atoms with Gasteiger partial charge in [-0.2, -0.15) is 0 Å². The fourth-order valence-electron chi connectivity index (χ4n) is 2.48. The van der Waals surface area contributed by atoms with E-state index in [4.69, 9.17) is 9.57 Å². The highest BCUT2D eigenvalue weighted by Crippen LogP contribution is 2.18. The molecule has 0 unspecified atom stereocenters. The predicted molar refractivity (Wildman–Crippen MR) is 111 cm³/mol. The lowest BCUT2D eigenvalue weighted by Crippen LogP contribution is -2.16. The van der Waals surface area contributed by atoms with Crippen LogP contribution in [0.5, 0.6) is 5.75 Å². The van der Waals surface area contributed by atoms with Gasteiger partial charge in [-0.05, 0) is 48.9 Å². The number of carbonyl (C=O) groups excluding carboxylic acids is 1. The fourth-order valence-corrected chi connectivity index (χ4v) is 2.48. The summed E-state index contributed by atoms with van der Waals surface area (Å²) in [6.07, 6.45) is 1.49. The van der Waals surface area contributed by atoms with E-state index in [2.05, 4.69) is 10.5 Å². The maximum Gasteiger partial charge on any atom is 0.265 e. The quantitative estimate of drug-likeness (QED) is 0.446. The maximum atomic E-state index is 13.0. The highest BCUT2D eigenvalue weighted by molar-refractivity contribution is 5.91. The Morgan fingerprint density at radius 2 is 1.76 bits per heavy atom. The highest BCUT2D eigenvalue weighted by atomic mass is 19.1. The van der Waals surface area contributed by atoms with Crippen LogP contribution in [0.4, 0.5) is 10.1 Å². The molecule has 3 aromatic rings. The number of halogens is 1. The van der Waals surface area contributed by atoms with Crippen molar-refractivity contribution >= 4 is 17.8 Å². The van der Waals surface area contributed by atoms with Gasteiger partial charge in [0.2, 0.25) is 0 Å². The second-order valence-electron chi connectivity index (χ2n) is 6.38. The van der Waals surface area contributed by atoms with Crippen molar-refractivity contribution in [3.63, 3.8) is 0 Å². The van der Waals surface area contributed by atoms with Crippen LogP contribution in [-0.2, 0) is 16.2 Å². The number of ether oxygens (including phenoxy) is 1. The first-order valence-electron chi connectivity index (χ1n) is 9.08. The van der Waals surface area contributed by atoms with Gasteiger partial charge in [0, 0.05) is 11.3 Å². The van der Waals surface area contributed by atoms with Crippen LogP contribution >= 0.6 is 0 Å². The maximum absolute atomic E-state index is 13.0. The first-order valence-corrected chi connectivity index (χ1v) is 9.08. The van der Waals surface area contributed by atoms with Gasteiger partial charge in [-0.25, -0.2) is 4.39 Å². The van der Waals surface area contributed by atoms with E-state index in [0.717, 1.165) is 11.1 Å². The molecule has 5 nitrogen and oxygen atoms in total. The van der Waals surface area contributed by atoms with Crippen molar-refractivity contribution in [1.82, 2.24) is 0 Å². The number of nitrogens with one attached hydrogen (secondary N) is 1. The van der Waals surface area contributed by atoms with Crippen molar-refractivity contribution in [2.45, 2.75) is 13.5 Å². The molecule has 148 valence electrons. The van der Waals surface area contributed by atoms with Crippen LogP contribution in [0.1, 0.15) is 16.7 Å². The monoisotopic (exact) mass is 392 g/mol. The van der Waals surface area contributed by atoms with Crippen LogP contribution in [0.3, 0.4) is 0 Å². The third-order valence-corrected chi connectivity index (χ3v) is 4.02. The molecule has 0 saturated heterocycles. The molecule has 1 amide bonds. The Labute approximate surface area is 168 Å². The summed E-state index contributed by atoms with van der Waals surface area (Å²) in [7, 11) is 0. The third-order valence-electron chi connectivity index (χ3n) is 4.02. The van der Waals surface area contributed by atoms with Crippen molar-refractivity contribution in [2.24, 2.45) is 5.16 Å². The van der Waals surface area contributed by atoms with Crippen molar-refractivity contribution < 1.29 is 18.8 Å². The van der Waals surface area contributed by atoms with E-state index < -0.39 is 0 Å². The molecule has 0 heterocycles. The number of carbonyl (C=O) groups is 1. The molecular formula is C23H21FN2O3. The SMILES string of the molecule is Cc1ccc(NC(=O)CO/N=C/c2ccccc2OCc2ccc(F)cc2)cc1. The van der Waals surface area contributed by atoms with Crippen molar-refractivity contribution in [2.75, 3.05) is 11.9 Å². The van der Waals surface area contributed by atoms with Crippen molar-refractivity contribution in [1.29, 1.82) is 0 Å². The molecule has 0 saturated carbocycles. The third kappa shape index (κ3) is 6.46. The van der Waals surface area contributed by atoms with E-state index in [0.29, 0.717) is 23.6 Å². The van der Waals surface area contributed by atoms with Gasteiger partial charge < -0.3 is 14.9 Å². The van der Waals surface area contributed by atoms with Gasteiger partial charge in [-0.1, -0.05) is 47.1 Å². The Morgan fingerprint density at radius 1 is 1.03 bits per heavy atom. The lowest BCUT2D eigenvalue weighted by atomic mass is 10.2. The number of benzene rings is 3. The van der Waals surface area contributed by atoms with Crippen LogP contribution in [0, 0.1) is 12.7 Å². The second-order valence-corrected chi connectivity index (χ2v) is 6.38. The molecule has 0 aromatic heterocycles. The first-order chi connectivity index (χ1) is 14.1. The highest BCUT2D eigenvalue weighted by Gasteiger charge is 2.04. The van der Waals surface area contributed by atoms with E-state index in [1.165, 1.54) is 18.3 Å². The van der Waals surface area contributed by atoms with Crippen LogP contribution < -0.4 is 10.1 Å². The first kappa shape index (κ1) is 20.1. The molecule has 3 aromatic carbocycles. The van der Waals surface area contributed by atoms with E-state index in [1.54, 1.807) is 18.2 Å². The average Bonchev–Trinajstić information content (AvgIpc) is 2.73. The van der Waals surface area contributed by atoms with Crippen LogP contribution in [0.25, 0.3) is 0 Å². The molecule has 0 fully saturated rings. The number of anilines is 1. The van der Waals surface area contributed by atoms with Gasteiger partial charge in [-0.15, -0.1) is 0 Å². The molecule has 1 N–H and O–H groups in total. The largest absolute Gasteiger partial charge is 0.488 e. The van der Waals surface area contributed by atoms with Gasteiger partial charge in [0.15, 0.2) is 6.61 Å². The lowest BCUT2D eigenvalue weighted by molar-refractivity contribution is -0.120. The number of para-hydroxylation sites is 1. The molecule has 0 aliphatic heterocycles. The summed E-state index contributed by atoms with van der Waals surface area (Å²) in [4.78, 5) is 17.0. The van der Waals surface area contributed by atoms with E-state index >= 15 is 0 Å². The topological polar surface area (TPSA) is 59.9 Å². The Kier molecular flexibility index (Phi) is 6.95. The van der Waals surface area contributed by atoms with E-state index in [1.807, 2.05) is 49.4 Å². The number of oxime groups is 1. The molecule has 29 heavy (non-hydrogen) atoms. The van der Waals surface area contributed by atoms with E-state index in [-0.39, 0.29) is 18.3 Å². The zero-order valence-electron chi connectivity index (χ0n) is 16.0. The number of nitrogens with zero attached hydrogens (tertiary/aromatic N) is 1. The summed E-state index contributed by atoms with van der Waals surface area (Å²) in [5, 5.41) is 6.58. The molecule has 0 bridgehead atoms. The molecule has 3 rings (SSSR count). The number of amides is 1. The fraction of sp³-hybridized carbons (Fsp3) is 0.130. The van der Waals surface area contributed by atoms with Gasteiger partial charge >= 0.3 is 0 Å². The Balaban J connectivity index is 1.50. The van der Waals surface area contributed by atoms with Crippen molar-refractivity contribution in [3.05, 3.63) is 95.3 Å². The van der Waals surface area contributed by atoms with Crippen LogP contribution in [0.2, 0.25) is 0 Å². The minimum atomic E-state index is -0.299. The zero-order valence-corrected chi connectivity index (χ0v) is 16.0. The van der Waals surface area contributed by atoms with Crippen LogP contribution in [0.15, 0.2) is 78.0 Å². The molecular weight excluding hydrogens is 371 g/mol. The normalized spacial score (nSPS) is 10.7.